The van der Waals surface area contributed by atoms with Crippen LogP contribution in [0.1, 0.15) is 45.1 Å². The summed E-state index contributed by atoms with van der Waals surface area (Å²) in [6.45, 7) is 1.83. The van der Waals surface area contributed by atoms with Crippen LogP contribution in [0.5, 0.6) is 0 Å². The molecule has 98 valence electrons. The SMILES string of the molecule is Cc1ccc(C(=O)C2CCCc3sccc32)c(F)c1. The number of hydrogen-bond acceptors (Lipinski definition) is 2. The zero-order valence-electron chi connectivity index (χ0n) is 10.8. The highest BCUT2D eigenvalue weighted by Crippen LogP contribution is 2.37. The number of rotatable bonds is 2. The van der Waals surface area contributed by atoms with Crippen LogP contribution in [0, 0.1) is 12.7 Å². The highest BCUT2D eigenvalue weighted by molar-refractivity contribution is 7.10. The van der Waals surface area contributed by atoms with Gasteiger partial charge in [-0.3, -0.25) is 4.79 Å². The Morgan fingerprint density at radius 2 is 2.21 bits per heavy atom. The summed E-state index contributed by atoms with van der Waals surface area (Å²) in [5.74, 6) is -0.628. The molecular weight excluding hydrogens is 259 g/mol. The van der Waals surface area contributed by atoms with E-state index in [0.717, 1.165) is 30.4 Å². The molecule has 0 radical (unpaired) electrons. The van der Waals surface area contributed by atoms with Gasteiger partial charge >= 0.3 is 0 Å². The minimum atomic E-state index is -0.396. The fraction of sp³-hybridized carbons (Fsp3) is 0.312. The molecule has 0 aliphatic heterocycles. The van der Waals surface area contributed by atoms with Gasteiger partial charge in [0.15, 0.2) is 5.78 Å². The quantitative estimate of drug-likeness (QED) is 0.737. The lowest BCUT2D eigenvalue weighted by Crippen LogP contribution is -2.18. The Bertz CT molecular complexity index is 629. The van der Waals surface area contributed by atoms with Crippen molar-refractivity contribution in [2.75, 3.05) is 0 Å². The van der Waals surface area contributed by atoms with Crippen LogP contribution in [-0.4, -0.2) is 5.78 Å². The van der Waals surface area contributed by atoms with Crippen molar-refractivity contribution in [3.8, 4) is 0 Å². The molecule has 1 aliphatic carbocycles. The van der Waals surface area contributed by atoms with Crippen molar-refractivity contribution in [1.82, 2.24) is 0 Å². The molecule has 2 aromatic rings. The van der Waals surface area contributed by atoms with Gasteiger partial charge in [-0.05, 0) is 60.9 Å². The standard InChI is InChI=1S/C16H15FOS/c1-10-5-6-13(14(17)9-10)16(18)12-3-2-4-15-11(12)7-8-19-15/h5-9,12H,2-4H2,1H3. The average Bonchev–Trinajstić information content (AvgIpc) is 2.86. The monoisotopic (exact) mass is 274 g/mol. The molecule has 0 saturated heterocycles. The van der Waals surface area contributed by atoms with E-state index in [2.05, 4.69) is 0 Å². The Morgan fingerprint density at radius 3 is 3.00 bits per heavy atom. The van der Waals surface area contributed by atoms with Crippen LogP contribution in [-0.2, 0) is 6.42 Å². The Kier molecular flexibility index (Phi) is 3.23. The molecule has 0 saturated carbocycles. The number of fused-ring (bicyclic) bond motifs is 1. The fourth-order valence-electron chi connectivity index (χ4n) is 2.77. The van der Waals surface area contributed by atoms with Crippen molar-refractivity contribution in [1.29, 1.82) is 0 Å². The van der Waals surface area contributed by atoms with Crippen LogP contribution in [0.25, 0.3) is 0 Å². The molecule has 0 bridgehead atoms. The van der Waals surface area contributed by atoms with Crippen molar-refractivity contribution >= 4 is 17.1 Å². The summed E-state index contributed by atoms with van der Waals surface area (Å²) in [5.41, 5.74) is 2.18. The highest BCUT2D eigenvalue weighted by Gasteiger charge is 2.29. The topological polar surface area (TPSA) is 17.1 Å². The second-order valence-electron chi connectivity index (χ2n) is 5.09. The molecule has 1 nitrogen and oxygen atoms in total. The number of ketones is 1. The zero-order chi connectivity index (χ0) is 13.4. The fourth-order valence-corrected chi connectivity index (χ4v) is 3.75. The lowest BCUT2D eigenvalue weighted by Gasteiger charge is -2.21. The lowest BCUT2D eigenvalue weighted by atomic mass is 9.82. The third-order valence-corrected chi connectivity index (χ3v) is 4.75. The summed E-state index contributed by atoms with van der Waals surface area (Å²) in [5, 5.41) is 2.03. The Labute approximate surface area is 116 Å². The number of halogens is 1. The van der Waals surface area contributed by atoms with Crippen LogP contribution in [0.3, 0.4) is 0 Å². The van der Waals surface area contributed by atoms with Crippen molar-refractivity contribution in [3.63, 3.8) is 0 Å². The Balaban J connectivity index is 1.98. The van der Waals surface area contributed by atoms with E-state index >= 15 is 0 Å². The van der Waals surface area contributed by atoms with E-state index in [1.807, 2.05) is 18.4 Å². The first-order valence-corrected chi connectivity index (χ1v) is 7.41. The van der Waals surface area contributed by atoms with Crippen molar-refractivity contribution in [3.05, 3.63) is 57.0 Å². The summed E-state index contributed by atoms with van der Waals surface area (Å²) in [7, 11) is 0. The van der Waals surface area contributed by atoms with Crippen LogP contribution >= 0.6 is 11.3 Å². The summed E-state index contributed by atoms with van der Waals surface area (Å²) in [4.78, 5) is 13.8. The molecule has 0 fully saturated rings. The third kappa shape index (κ3) is 2.23. The van der Waals surface area contributed by atoms with Crippen molar-refractivity contribution < 1.29 is 9.18 Å². The molecule has 1 heterocycles. The number of carbonyl (C=O) groups is 1. The molecule has 1 unspecified atom stereocenters. The van der Waals surface area contributed by atoms with E-state index in [4.69, 9.17) is 0 Å². The molecule has 1 aliphatic rings. The maximum absolute atomic E-state index is 13.9. The van der Waals surface area contributed by atoms with Crippen LogP contribution < -0.4 is 0 Å². The van der Waals surface area contributed by atoms with E-state index in [9.17, 15) is 9.18 Å². The van der Waals surface area contributed by atoms with Gasteiger partial charge in [0.2, 0.25) is 0 Å². The van der Waals surface area contributed by atoms with Crippen LogP contribution in [0.15, 0.2) is 29.6 Å². The predicted molar refractivity (Wildman–Crippen MR) is 75.5 cm³/mol. The molecule has 19 heavy (non-hydrogen) atoms. The minimum Gasteiger partial charge on any atom is -0.293 e. The first-order valence-electron chi connectivity index (χ1n) is 6.53. The zero-order valence-corrected chi connectivity index (χ0v) is 11.6. The highest BCUT2D eigenvalue weighted by atomic mass is 32.1. The number of Topliss-reactive ketones (excluding diaryl/α,β-unsaturated/α-hetero) is 1. The first kappa shape index (κ1) is 12.5. The molecule has 1 atom stereocenters. The molecule has 3 rings (SSSR count). The van der Waals surface area contributed by atoms with E-state index in [1.54, 1.807) is 23.5 Å². The second kappa shape index (κ2) is 4.89. The average molecular weight is 274 g/mol. The molecule has 0 spiro atoms. The Hall–Kier alpha value is -1.48. The first-order chi connectivity index (χ1) is 9.16. The summed E-state index contributed by atoms with van der Waals surface area (Å²) >= 11 is 1.70. The van der Waals surface area contributed by atoms with E-state index < -0.39 is 5.82 Å². The number of hydrogen-bond donors (Lipinski definition) is 0. The summed E-state index contributed by atoms with van der Waals surface area (Å²) in [6.07, 6.45) is 2.89. The van der Waals surface area contributed by atoms with Gasteiger partial charge in [0, 0.05) is 10.8 Å². The molecule has 1 aromatic carbocycles. The third-order valence-electron chi connectivity index (χ3n) is 3.76. The summed E-state index contributed by atoms with van der Waals surface area (Å²) in [6, 6.07) is 6.87. The maximum Gasteiger partial charge on any atom is 0.173 e. The van der Waals surface area contributed by atoms with E-state index in [0.29, 0.717) is 0 Å². The van der Waals surface area contributed by atoms with Gasteiger partial charge in [0.25, 0.3) is 0 Å². The largest absolute Gasteiger partial charge is 0.293 e. The predicted octanol–water partition coefficient (Wildman–Crippen LogP) is 4.50. The number of carbonyl (C=O) groups excluding carboxylic acids is 1. The number of benzene rings is 1. The van der Waals surface area contributed by atoms with Gasteiger partial charge in [-0.25, -0.2) is 4.39 Å². The smallest absolute Gasteiger partial charge is 0.173 e. The van der Waals surface area contributed by atoms with Gasteiger partial charge in [-0.15, -0.1) is 11.3 Å². The molecule has 0 N–H and O–H groups in total. The van der Waals surface area contributed by atoms with Gasteiger partial charge in [-0.1, -0.05) is 6.07 Å². The molecule has 0 amide bonds. The van der Waals surface area contributed by atoms with Crippen LogP contribution in [0.4, 0.5) is 4.39 Å². The molecule has 3 heteroatoms. The minimum absolute atomic E-state index is 0.0724. The molecule has 1 aromatic heterocycles. The van der Waals surface area contributed by atoms with E-state index in [1.165, 1.54) is 10.9 Å². The normalized spacial score (nSPS) is 18.1. The molecular formula is C16H15FOS. The number of thiophene rings is 1. The lowest BCUT2D eigenvalue weighted by molar-refractivity contribution is 0.0947. The number of aryl methyl sites for hydroxylation is 2. The van der Waals surface area contributed by atoms with Crippen LogP contribution in [0.2, 0.25) is 0 Å². The maximum atomic E-state index is 13.9. The van der Waals surface area contributed by atoms with Gasteiger partial charge in [0.1, 0.15) is 5.82 Å². The second-order valence-corrected chi connectivity index (χ2v) is 6.09. The summed E-state index contributed by atoms with van der Waals surface area (Å²) < 4.78 is 13.9. The van der Waals surface area contributed by atoms with Gasteiger partial charge < -0.3 is 0 Å². The van der Waals surface area contributed by atoms with Crippen molar-refractivity contribution in [2.45, 2.75) is 32.1 Å². The van der Waals surface area contributed by atoms with E-state index in [-0.39, 0.29) is 17.3 Å². The van der Waals surface area contributed by atoms with Gasteiger partial charge in [0.05, 0.1) is 5.56 Å². The van der Waals surface area contributed by atoms with Gasteiger partial charge in [-0.2, -0.15) is 0 Å². The Morgan fingerprint density at radius 1 is 1.37 bits per heavy atom. The van der Waals surface area contributed by atoms with Crippen molar-refractivity contribution in [2.24, 2.45) is 0 Å².